The molecule has 3 amide bonds. The molecule has 1 saturated carbocycles. The Morgan fingerprint density at radius 2 is 1.64 bits per heavy atom. The minimum absolute atomic E-state index is 0.0544. The first-order valence-corrected chi connectivity index (χ1v) is 11.9. The number of benzene rings is 3. The molecule has 0 bridgehead atoms. The molecule has 0 radical (unpaired) electrons. The van der Waals surface area contributed by atoms with E-state index in [4.69, 9.17) is 10.8 Å². The summed E-state index contributed by atoms with van der Waals surface area (Å²) in [6, 6.07) is 22.5. The molecule has 1 heterocycles. The van der Waals surface area contributed by atoms with Crippen molar-refractivity contribution in [3.8, 4) is 16.9 Å². The molecule has 3 N–H and O–H groups in total. The van der Waals surface area contributed by atoms with Gasteiger partial charge in [-0.05, 0) is 55.3 Å². The van der Waals surface area contributed by atoms with Gasteiger partial charge in [-0.15, -0.1) is 0 Å². The molecule has 36 heavy (non-hydrogen) atoms. The average Bonchev–Trinajstić information content (AvgIpc) is 3.68. The SMILES string of the molecule is CN(C(=O)CCNC(=O)c1ccc(-n2nc(-c3ccc(C(N)=O)cc3)c3ccccc32)cc1)C1CC1. The maximum atomic E-state index is 12.6. The third-order valence-electron chi connectivity index (χ3n) is 6.52. The van der Waals surface area contributed by atoms with E-state index in [1.54, 1.807) is 29.2 Å². The number of primary amides is 1. The number of nitrogens with two attached hydrogens (primary N) is 1. The first-order chi connectivity index (χ1) is 17.4. The molecule has 8 heteroatoms. The summed E-state index contributed by atoms with van der Waals surface area (Å²) in [6.45, 7) is 0.304. The van der Waals surface area contributed by atoms with Crippen molar-refractivity contribution in [2.24, 2.45) is 5.73 Å². The van der Waals surface area contributed by atoms with Crippen LogP contribution in [0, 0.1) is 0 Å². The van der Waals surface area contributed by atoms with E-state index in [-0.39, 0.29) is 11.8 Å². The van der Waals surface area contributed by atoms with Gasteiger partial charge in [-0.25, -0.2) is 4.68 Å². The van der Waals surface area contributed by atoms with Gasteiger partial charge >= 0.3 is 0 Å². The van der Waals surface area contributed by atoms with Crippen LogP contribution in [0.1, 0.15) is 40.0 Å². The second-order valence-electron chi connectivity index (χ2n) is 9.01. The van der Waals surface area contributed by atoms with Crippen molar-refractivity contribution < 1.29 is 14.4 Å². The van der Waals surface area contributed by atoms with E-state index >= 15 is 0 Å². The number of hydrogen-bond acceptors (Lipinski definition) is 4. The van der Waals surface area contributed by atoms with E-state index in [1.165, 1.54) is 0 Å². The topological polar surface area (TPSA) is 110 Å². The molecular formula is C28H27N5O3. The lowest BCUT2D eigenvalue weighted by Gasteiger charge is -2.16. The minimum atomic E-state index is -0.474. The number of carbonyl (C=O) groups is 3. The summed E-state index contributed by atoms with van der Waals surface area (Å²) >= 11 is 0. The van der Waals surface area contributed by atoms with Crippen LogP contribution >= 0.6 is 0 Å². The molecule has 1 aliphatic rings. The first kappa shape index (κ1) is 23.3. The fourth-order valence-corrected chi connectivity index (χ4v) is 4.25. The number of hydrogen-bond donors (Lipinski definition) is 2. The molecule has 1 aromatic heterocycles. The molecule has 182 valence electrons. The van der Waals surface area contributed by atoms with E-state index in [2.05, 4.69) is 5.32 Å². The Kier molecular flexibility index (Phi) is 6.25. The van der Waals surface area contributed by atoms with Crippen LogP contribution in [0.2, 0.25) is 0 Å². The predicted octanol–water partition coefficient (Wildman–Crippen LogP) is 3.53. The molecule has 4 aromatic rings. The number of para-hydroxylation sites is 1. The Morgan fingerprint density at radius 1 is 0.972 bits per heavy atom. The third-order valence-corrected chi connectivity index (χ3v) is 6.52. The Hall–Kier alpha value is -4.46. The smallest absolute Gasteiger partial charge is 0.251 e. The molecule has 1 aliphatic carbocycles. The second-order valence-corrected chi connectivity index (χ2v) is 9.01. The lowest BCUT2D eigenvalue weighted by Crippen LogP contribution is -2.33. The maximum absolute atomic E-state index is 12.6. The first-order valence-electron chi connectivity index (χ1n) is 11.9. The van der Waals surface area contributed by atoms with Crippen LogP contribution < -0.4 is 11.1 Å². The van der Waals surface area contributed by atoms with Gasteiger partial charge in [0.15, 0.2) is 0 Å². The normalized spacial score (nSPS) is 12.9. The predicted molar refractivity (Wildman–Crippen MR) is 138 cm³/mol. The Balaban J connectivity index is 1.33. The van der Waals surface area contributed by atoms with Crippen LogP contribution in [-0.4, -0.2) is 52.0 Å². The van der Waals surface area contributed by atoms with Crippen molar-refractivity contribution in [3.05, 3.63) is 83.9 Å². The quantitative estimate of drug-likeness (QED) is 0.401. The maximum Gasteiger partial charge on any atom is 0.251 e. The third kappa shape index (κ3) is 4.70. The van der Waals surface area contributed by atoms with E-state index in [1.807, 2.05) is 60.3 Å². The molecule has 5 rings (SSSR count). The van der Waals surface area contributed by atoms with Crippen molar-refractivity contribution in [2.75, 3.05) is 13.6 Å². The highest BCUT2D eigenvalue weighted by atomic mass is 16.2. The van der Waals surface area contributed by atoms with Crippen LogP contribution in [0.15, 0.2) is 72.8 Å². The molecule has 1 fully saturated rings. The van der Waals surface area contributed by atoms with Crippen molar-refractivity contribution in [2.45, 2.75) is 25.3 Å². The zero-order chi connectivity index (χ0) is 25.2. The summed E-state index contributed by atoms with van der Waals surface area (Å²) in [5.74, 6) is -0.638. The second kappa shape index (κ2) is 9.65. The summed E-state index contributed by atoms with van der Waals surface area (Å²) < 4.78 is 1.83. The van der Waals surface area contributed by atoms with E-state index in [0.29, 0.717) is 30.1 Å². The summed E-state index contributed by atoms with van der Waals surface area (Å²) in [6.07, 6.45) is 2.42. The van der Waals surface area contributed by atoms with Crippen LogP contribution in [0.4, 0.5) is 0 Å². The van der Waals surface area contributed by atoms with Gasteiger partial charge in [0.1, 0.15) is 5.69 Å². The molecule has 3 aromatic carbocycles. The monoisotopic (exact) mass is 481 g/mol. The number of nitrogens with one attached hydrogen (secondary N) is 1. The fourth-order valence-electron chi connectivity index (χ4n) is 4.25. The highest BCUT2D eigenvalue weighted by Gasteiger charge is 2.29. The number of amides is 3. The highest BCUT2D eigenvalue weighted by Crippen LogP contribution is 2.30. The van der Waals surface area contributed by atoms with Crippen molar-refractivity contribution in [3.63, 3.8) is 0 Å². The Labute approximate surface area is 208 Å². The Bertz CT molecular complexity index is 1440. The van der Waals surface area contributed by atoms with Gasteiger partial charge < -0.3 is 16.0 Å². The molecular weight excluding hydrogens is 454 g/mol. The van der Waals surface area contributed by atoms with E-state index in [0.717, 1.165) is 40.7 Å². The lowest BCUT2D eigenvalue weighted by atomic mass is 10.1. The number of rotatable bonds is 8. The van der Waals surface area contributed by atoms with Crippen molar-refractivity contribution >= 4 is 28.6 Å². The summed E-state index contributed by atoms with van der Waals surface area (Å²) in [4.78, 5) is 37.9. The summed E-state index contributed by atoms with van der Waals surface area (Å²) in [7, 11) is 1.82. The van der Waals surface area contributed by atoms with Crippen LogP contribution in [0.5, 0.6) is 0 Å². The van der Waals surface area contributed by atoms with Gasteiger partial charge in [0, 0.05) is 48.1 Å². The van der Waals surface area contributed by atoms with Gasteiger partial charge in [-0.2, -0.15) is 5.10 Å². The molecule has 0 aliphatic heterocycles. The largest absolute Gasteiger partial charge is 0.366 e. The molecule has 0 unspecified atom stereocenters. The number of fused-ring (bicyclic) bond motifs is 1. The summed E-state index contributed by atoms with van der Waals surface area (Å²) in [5.41, 5.74) is 9.70. The van der Waals surface area contributed by atoms with E-state index in [9.17, 15) is 14.4 Å². The minimum Gasteiger partial charge on any atom is -0.366 e. The fraction of sp³-hybridized carbons (Fsp3) is 0.214. The summed E-state index contributed by atoms with van der Waals surface area (Å²) in [5, 5.41) is 8.64. The number of aromatic nitrogens is 2. The van der Waals surface area contributed by atoms with Crippen molar-refractivity contribution in [1.82, 2.24) is 20.0 Å². The van der Waals surface area contributed by atoms with Crippen LogP contribution in [-0.2, 0) is 4.79 Å². The molecule has 0 atom stereocenters. The molecule has 0 saturated heterocycles. The highest BCUT2D eigenvalue weighted by molar-refractivity contribution is 5.97. The van der Waals surface area contributed by atoms with Gasteiger partial charge in [0.25, 0.3) is 5.91 Å². The lowest BCUT2D eigenvalue weighted by molar-refractivity contribution is -0.130. The zero-order valence-corrected chi connectivity index (χ0v) is 20.0. The van der Waals surface area contributed by atoms with E-state index < -0.39 is 5.91 Å². The standard InChI is InChI=1S/C28H27N5O3/c1-32(21-14-15-21)25(34)16-17-30-28(36)20-10-12-22(13-11-20)33-24-5-3-2-4-23(24)26(31-33)18-6-8-19(9-7-18)27(29)35/h2-13,21H,14-17H2,1H3,(H2,29,35)(H,30,36). The molecule has 0 spiro atoms. The van der Waals surface area contributed by atoms with Crippen LogP contribution in [0.25, 0.3) is 27.8 Å². The molecule has 8 nitrogen and oxygen atoms in total. The van der Waals surface area contributed by atoms with Crippen molar-refractivity contribution in [1.29, 1.82) is 0 Å². The average molecular weight is 482 g/mol. The Morgan fingerprint density at radius 3 is 2.31 bits per heavy atom. The number of carbonyl (C=O) groups excluding carboxylic acids is 3. The van der Waals surface area contributed by atoms with Gasteiger partial charge in [-0.1, -0.05) is 30.3 Å². The van der Waals surface area contributed by atoms with Gasteiger partial charge in [0.05, 0.1) is 11.2 Å². The van der Waals surface area contributed by atoms with Gasteiger partial charge in [0.2, 0.25) is 11.8 Å². The zero-order valence-electron chi connectivity index (χ0n) is 20.0. The van der Waals surface area contributed by atoms with Gasteiger partial charge in [-0.3, -0.25) is 14.4 Å². The number of nitrogens with zero attached hydrogens (tertiary/aromatic N) is 3. The van der Waals surface area contributed by atoms with Crippen LogP contribution in [0.3, 0.4) is 0 Å².